The Hall–Kier alpha value is -2.52. The number of halogens is 23. The molecule has 0 unspecified atom stereocenters. The van der Waals surface area contributed by atoms with Crippen molar-refractivity contribution in [1.29, 1.82) is 0 Å². The molecule has 0 radical (unpaired) electrons. The van der Waals surface area contributed by atoms with Crippen LogP contribution in [0.5, 0.6) is 0 Å². The maximum absolute atomic E-state index is 14.3. The second-order valence-corrected chi connectivity index (χ2v) is 8.82. The van der Waals surface area contributed by atoms with Gasteiger partial charge in [0.25, 0.3) is 0 Å². The molecule has 0 spiro atoms. The highest BCUT2D eigenvalue weighted by Gasteiger charge is 2.96. The molecule has 0 aromatic heterocycles. The van der Waals surface area contributed by atoms with Crippen molar-refractivity contribution < 1.29 is 114 Å². The summed E-state index contributed by atoms with van der Waals surface area (Å²) in [6, 6.07) is 0. The summed E-state index contributed by atoms with van der Waals surface area (Å²) in [4.78, 5) is -4.17. The highest BCUT2D eigenvalue weighted by atomic mass is 32.2. The maximum Gasteiger partial charge on any atom is 0.460 e. The molecule has 28 heteroatoms. The Bertz CT molecular complexity index is 1350. The number of hydrogen-bond acceptors (Lipinski definition) is 3. The molecule has 0 saturated heterocycles. The number of quaternary nitrogens is 1. The van der Waals surface area contributed by atoms with Gasteiger partial charge < -0.3 is 10.7 Å². The molecule has 0 amide bonds. The van der Waals surface area contributed by atoms with Gasteiger partial charge in [0.05, 0.1) is 5.56 Å². The van der Waals surface area contributed by atoms with Crippen LogP contribution in [-0.2, 0) is 16.0 Å². The first-order valence-corrected chi connectivity index (χ1v) is 10.2. The third-order valence-electron chi connectivity index (χ3n) is 4.90. The summed E-state index contributed by atoms with van der Waals surface area (Å²) in [6.45, 7) is 0. The van der Waals surface area contributed by atoms with Crippen molar-refractivity contribution in [3.8, 4) is 0 Å². The Balaban J connectivity index is 0.0000176. The molecule has 0 heterocycles. The molecular formula is C15H4F23NO3S. The van der Waals surface area contributed by atoms with Crippen molar-refractivity contribution in [3.05, 3.63) is 28.8 Å². The van der Waals surface area contributed by atoms with Gasteiger partial charge in [0.2, 0.25) is 0 Å². The summed E-state index contributed by atoms with van der Waals surface area (Å²) < 4.78 is 340. The van der Waals surface area contributed by atoms with E-state index in [-0.39, 0.29) is 6.15 Å². The largest absolute Gasteiger partial charge is 0.744 e. The number of benzene rings is 1. The Morgan fingerprint density at radius 2 is 0.674 bits per heavy atom. The van der Waals surface area contributed by atoms with Crippen molar-refractivity contribution >= 4 is 10.1 Å². The van der Waals surface area contributed by atoms with Crippen LogP contribution in [0.2, 0.25) is 0 Å². The molecule has 0 aliphatic heterocycles. The van der Waals surface area contributed by atoms with E-state index >= 15 is 0 Å². The molecular weight excluding hydrogens is 711 g/mol. The molecule has 254 valence electrons. The van der Waals surface area contributed by atoms with Gasteiger partial charge in [-0.1, -0.05) is 0 Å². The third-order valence-corrected chi connectivity index (χ3v) is 5.79. The fourth-order valence-corrected chi connectivity index (χ4v) is 3.42. The lowest BCUT2D eigenvalue weighted by atomic mass is 9.86. The molecule has 0 aliphatic rings. The lowest BCUT2D eigenvalue weighted by molar-refractivity contribution is -0.469. The highest BCUT2D eigenvalue weighted by Crippen LogP contribution is 2.66. The quantitative estimate of drug-likeness (QED) is 0.123. The van der Waals surface area contributed by atoms with Gasteiger partial charge in [0, 0.05) is 0 Å². The molecule has 4 N–H and O–H groups in total. The zero-order valence-corrected chi connectivity index (χ0v) is 19.6. The summed E-state index contributed by atoms with van der Waals surface area (Å²) in [5.74, 6) is -88.5. The summed E-state index contributed by atoms with van der Waals surface area (Å²) in [5, 5.41) is 0. The normalized spacial score (nSPS) is 15.4. The molecule has 0 fully saturated rings. The van der Waals surface area contributed by atoms with Gasteiger partial charge in [0.15, 0.2) is 23.3 Å². The number of alkyl halides is 19. The smallest absolute Gasteiger partial charge is 0.460 e. The first-order chi connectivity index (χ1) is 17.9. The van der Waals surface area contributed by atoms with Crippen LogP contribution in [0.15, 0.2) is 4.90 Å². The zero-order valence-electron chi connectivity index (χ0n) is 18.8. The topological polar surface area (TPSA) is 93.7 Å². The fraction of sp³-hybridized carbons (Fsp3) is 0.600. The summed E-state index contributed by atoms with van der Waals surface area (Å²) in [6.07, 6.45) is -8.14. The third kappa shape index (κ3) is 4.98. The van der Waals surface area contributed by atoms with E-state index in [2.05, 4.69) is 0 Å². The van der Waals surface area contributed by atoms with E-state index in [1.807, 2.05) is 0 Å². The van der Waals surface area contributed by atoms with E-state index in [9.17, 15) is 114 Å². The van der Waals surface area contributed by atoms with Gasteiger partial charge in [-0.15, -0.1) is 0 Å². The first kappa shape index (κ1) is 40.5. The summed E-state index contributed by atoms with van der Waals surface area (Å²) >= 11 is 0. The van der Waals surface area contributed by atoms with Crippen LogP contribution >= 0.6 is 0 Å². The molecule has 1 aromatic carbocycles. The minimum Gasteiger partial charge on any atom is -0.744 e. The van der Waals surface area contributed by atoms with E-state index in [1.54, 1.807) is 0 Å². The summed E-state index contributed by atoms with van der Waals surface area (Å²) in [7, 11) is -7.53. The van der Waals surface area contributed by atoms with Crippen LogP contribution in [-0.4, -0.2) is 60.6 Å². The maximum atomic E-state index is 14.3. The van der Waals surface area contributed by atoms with Crippen molar-refractivity contribution in [2.75, 3.05) is 0 Å². The van der Waals surface area contributed by atoms with Crippen molar-refractivity contribution in [3.63, 3.8) is 0 Å². The molecule has 0 bridgehead atoms. The van der Waals surface area contributed by atoms with Gasteiger partial charge in [-0.05, 0) is 0 Å². The SMILES string of the molecule is O=S(=O)([O-])c1c(F)c(F)c(F)c(F)c1C(F)(F)C(F)(F)C(F)(F)C(F)(F)C(F)(F)C(F)(F)C(F)(F)C(F)(F)C(F)(F)F.[NH4+]. The Labute approximate surface area is 218 Å². The van der Waals surface area contributed by atoms with Gasteiger partial charge in [-0.3, -0.25) is 0 Å². The standard InChI is InChI=1S/C15HF23O3S.H3N/c16-2-1(6(42(39,40)41)5(19)4(18)3(2)17)7(20,21)8(22,23)9(24,25)10(26,27)11(28,29)12(30,31)13(32,33)14(34,35)15(36,37)38;/h(H,39,40,41);1H3. The molecule has 4 nitrogen and oxygen atoms in total. The second kappa shape index (κ2) is 10.3. The first-order valence-electron chi connectivity index (χ1n) is 8.80. The van der Waals surface area contributed by atoms with E-state index < -0.39 is 97.4 Å². The number of hydrogen-bond donors (Lipinski definition) is 1. The minimum atomic E-state index is -9.44. The van der Waals surface area contributed by atoms with Crippen molar-refractivity contribution in [1.82, 2.24) is 6.15 Å². The second-order valence-electron chi connectivity index (χ2n) is 7.51. The van der Waals surface area contributed by atoms with Gasteiger partial charge in [-0.25, -0.2) is 26.0 Å². The van der Waals surface area contributed by atoms with Crippen LogP contribution in [0.4, 0.5) is 101 Å². The van der Waals surface area contributed by atoms with Gasteiger partial charge in [-0.2, -0.15) is 83.4 Å². The Kier molecular flexibility index (Phi) is 9.66. The molecule has 43 heavy (non-hydrogen) atoms. The van der Waals surface area contributed by atoms with Crippen molar-refractivity contribution in [2.24, 2.45) is 0 Å². The van der Waals surface area contributed by atoms with Crippen LogP contribution in [0.3, 0.4) is 0 Å². The van der Waals surface area contributed by atoms with Gasteiger partial charge in [0.1, 0.15) is 15.0 Å². The Morgan fingerprint density at radius 3 is 0.953 bits per heavy atom. The average molecular weight is 715 g/mol. The van der Waals surface area contributed by atoms with Crippen LogP contribution < -0.4 is 6.15 Å². The van der Waals surface area contributed by atoms with Crippen LogP contribution in [0.25, 0.3) is 0 Å². The number of rotatable bonds is 9. The van der Waals surface area contributed by atoms with E-state index in [0.717, 1.165) is 0 Å². The average Bonchev–Trinajstić information content (AvgIpc) is 2.76. The molecule has 1 aromatic rings. The highest BCUT2D eigenvalue weighted by molar-refractivity contribution is 7.85. The Morgan fingerprint density at radius 1 is 0.419 bits per heavy atom. The van der Waals surface area contributed by atoms with Crippen LogP contribution in [0, 0.1) is 23.3 Å². The summed E-state index contributed by atoms with van der Waals surface area (Å²) in [5.41, 5.74) is -4.72. The van der Waals surface area contributed by atoms with E-state index in [1.165, 1.54) is 0 Å². The lowest BCUT2D eigenvalue weighted by Crippen LogP contribution is -2.75. The molecule has 1 rings (SSSR count). The van der Waals surface area contributed by atoms with Crippen molar-refractivity contribution in [2.45, 2.75) is 58.5 Å². The minimum absolute atomic E-state index is 0. The molecule has 0 aliphatic carbocycles. The molecule has 0 atom stereocenters. The zero-order chi connectivity index (χ0) is 34.5. The van der Waals surface area contributed by atoms with E-state index in [4.69, 9.17) is 0 Å². The van der Waals surface area contributed by atoms with Crippen LogP contribution in [0.1, 0.15) is 5.56 Å². The molecule has 0 saturated carbocycles. The predicted molar refractivity (Wildman–Crippen MR) is 84.8 cm³/mol. The van der Waals surface area contributed by atoms with Gasteiger partial charge >= 0.3 is 53.6 Å². The fourth-order valence-electron chi connectivity index (χ4n) is 2.64. The lowest BCUT2D eigenvalue weighted by Gasteiger charge is -2.44. The van der Waals surface area contributed by atoms with E-state index in [0.29, 0.717) is 0 Å². The predicted octanol–water partition coefficient (Wildman–Crippen LogP) is 7.62. The monoisotopic (exact) mass is 715 g/mol.